The topological polar surface area (TPSA) is 55.0 Å². The SMILES string of the molecule is Cc1nc(-c2cc(F)cc(F)c2)c(N)c(N2CCSCC2)n1. The van der Waals surface area contributed by atoms with Gasteiger partial charge >= 0.3 is 0 Å². The van der Waals surface area contributed by atoms with Gasteiger partial charge in [0.15, 0.2) is 5.82 Å². The van der Waals surface area contributed by atoms with Crippen LogP contribution in [0.15, 0.2) is 18.2 Å². The normalized spacial score (nSPS) is 15.1. The van der Waals surface area contributed by atoms with Crippen molar-refractivity contribution in [1.29, 1.82) is 0 Å². The van der Waals surface area contributed by atoms with E-state index in [-0.39, 0.29) is 0 Å². The van der Waals surface area contributed by atoms with E-state index in [9.17, 15) is 8.78 Å². The zero-order valence-electron chi connectivity index (χ0n) is 12.1. The van der Waals surface area contributed by atoms with Crippen LogP contribution >= 0.6 is 11.8 Å². The first-order valence-electron chi connectivity index (χ1n) is 6.98. The molecule has 0 bridgehead atoms. The Balaban J connectivity index is 2.09. The maximum atomic E-state index is 13.5. The van der Waals surface area contributed by atoms with Crippen LogP contribution in [0.5, 0.6) is 0 Å². The van der Waals surface area contributed by atoms with Crippen molar-refractivity contribution in [1.82, 2.24) is 9.97 Å². The van der Waals surface area contributed by atoms with Crippen LogP contribution in [0, 0.1) is 18.6 Å². The van der Waals surface area contributed by atoms with Crippen molar-refractivity contribution in [3.8, 4) is 11.3 Å². The van der Waals surface area contributed by atoms with Gasteiger partial charge in [0.2, 0.25) is 0 Å². The fourth-order valence-electron chi connectivity index (χ4n) is 2.49. The summed E-state index contributed by atoms with van der Waals surface area (Å²) in [7, 11) is 0. The molecule has 3 rings (SSSR count). The highest BCUT2D eigenvalue weighted by Gasteiger charge is 2.20. The molecule has 2 heterocycles. The lowest BCUT2D eigenvalue weighted by Crippen LogP contribution is -2.34. The molecule has 0 saturated carbocycles. The molecule has 0 aliphatic carbocycles. The zero-order chi connectivity index (χ0) is 15.7. The largest absolute Gasteiger partial charge is 0.394 e. The van der Waals surface area contributed by atoms with Crippen LogP contribution in [-0.4, -0.2) is 34.6 Å². The van der Waals surface area contributed by atoms with E-state index in [1.54, 1.807) is 6.92 Å². The molecule has 1 aromatic carbocycles. The quantitative estimate of drug-likeness (QED) is 0.921. The Kier molecular flexibility index (Phi) is 4.15. The van der Waals surface area contributed by atoms with Gasteiger partial charge in [0.05, 0.1) is 5.69 Å². The third-order valence-corrected chi connectivity index (χ3v) is 4.43. The number of aromatic nitrogens is 2. The molecule has 4 nitrogen and oxygen atoms in total. The van der Waals surface area contributed by atoms with E-state index in [4.69, 9.17) is 5.73 Å². The van der Waals surface area contributed by atoms with E-state index >= 15 is 0 Å². The van der Waals surface area contributed by atoms with Crippen molar-refractivity contribution >= 4 is 23.3 Å². The summed E-state index contributed by atoms with van der Waals surface area (Å²) in [6.07, 6.45) is 0. The number of aryl methyl sites for hydroxylation is 1. The summed E-state index contributed by atoms with van der Waals surface area (Å²) in [5, 5.41) is 0. The van der Waals surface area contributed by atoms with Gasteiger partial charge in [-0.1, -0.05) is 0 Å². The Morgan fingerprint density at radius 3 is 2.36 bits per heavy atom. The van der Waals surface area contributed by atoms with Gasteiger partial charge in [0, 0.05) is 36.2 Å². The van der Waals surface area contributed by atoms with Gasteiger partial charge in [-0.25, -0.2) is 18.7 Å². The predicted octanol–water partition coefficient (Wildman–Crippen LogP) is 2.87. The van der Waals surface area contributed by atoms with Crippen LogP contribution < -0.4 is 10.6 Å². The van der Waals surface area contributed by atoms with E-state index < -0.39 is 11.6 Å². The van der Waals surface area contributed by atoms with Gasteiger partial charge in [-0.15, -0.1) is 0 Å². The summed E-state index contributed by atoms with van der Waals surface area (Å²) in [5.41, 5.74) is 7.26. The van der Waals surface area contributed by atoms with E-state index in [2.05, 4.69) is 14.9 Å². The third-order valence-electron chi connectivity index (χ3n) is 3.48. The summed E-state index contributed by atoms with van der Waals surface area (Å²) in [4.78, 5) is 10.8. The summed E-state index contributed by atoms with van der Waals surface area (Å²) in [6, 6.07) is 3.30. The number of benzene rings is 1. The molecule has 2 N–H and O–H groups in total. The molecule has 116 valence electrons. The molecule has 0 radical (unpaired) electrons. The third kappa shape index (κ3) is 2.99. The smallest absolute Gasteiger partial charge is 0.156 e. The fourth-order valence-corrected chi connectivity index (χ4v) is 3.40. The molecular weight excluding hydrogens is 306 g/mol. The molecule has 1 aliphatic heterocycles. The lowest BCUT2D eigenvalue weighted by atomic mass is 10.1. The Morgan fingerprint density at radius 1 is 1.09 bits per heavy atom. The van der Waals surface area contributed by atoms with Crippen molar-refractivity contribution < 1.29 is 8.78 Å². The van der Waals surface area contributed by atoms with E-state index in [1.807, 2.05) is 11.8 Å². The molecule has 1 aromatic heterocycles. The van der Waals surface area contributed by atoms with Gasteiger partial charge in [-0.05, 0) is 19.1 Å². The highest BCUT2D eigenvalue weighted by Crippen LogP contribution is 2.32. The lowest BCUT2D eigenvalue weighted by Gasteiger charge is -2.29. The summed E-state index contributed by atoms with van der Waals surface area (Å²) in [5.74, 6) is 1.89. The molecule has 0 spiro atoms. The summed E-state index contributed by atoms with van der Waals surface area (Å²) in [6.45, 7) is 3.45. The van der Waals surface area contributed by atoms with Crippen LogP contribution in [0.3, 0.4) is 0 Å². The summed E-state index contributed by atoms with van der Waals surface area (Å²) < 4.78 is 26.9. The first-order chi connectivity index (χ1) is 10.5. The minimum Gasteiger partial charge on any atom is -0.394 e. The molecule has 7 heteroatoms. The molecule has 0 unspecified atom stereocenters. The molecule has 2 aromatic rings. The van der Waals surface area contributed by atoms with E-state index in [1.165, 1.54) is 12.1 Å². The monoisotopic (exact) mass is 322 g/mol. The minimum absolute atomic E-state index is 0.327. The maximum absolute atomic E-state index is 13.5. The number of thioether (sulfide) groups is 1. The van der Waals surface area contributed by atoms with E-state index in [0.29, 0.717) is 28.6 Å². The first kappa shape index (κ1) is 15.0. The van der Waals surface area contributed by atoms with Crippen molar-refractivity contribution in [2.75, 3.05) is 35.2 Å². The van der Waals surface area contributed by atoms with Gasteiger partial charge < -0.3 is 10.6 Å². The second-order valence-electron chi connectivity index (χ2n) is 5.11. The van der Waals surface area contributed by atoms with Crippen LogP contribution in [0.25, 0.3) is 11.3 Å². The summed E-state index contributed by atoms with van der Waals surface area (Å²) >= 11 is 1.88. The number of rotatable bonds is 2. The number of nitrogen functional groups attached to an aromatic ring is 1. The molecule has 0 amide bonds. The Morgan fingerprint density at radius 2 is 1.73 bits per heavy atom. The predicted molar refractivity (Wildman–Crippen MR) is 86.1 cm³/mol. The highest BCUT2D eigenvalue weighted by atomic mass is 32.2. The first-order valence-corrected chi connectivity index (χ1v) is 8.13. The van der Waals surface area contributed by atoms with Crippen LogP contribution in [0.2, 0.25) is 0 Å². The Labute approximate surface area is 131 Å². The van der Waals surface area contributed by atoms with Crippen LogP contribution in [-0.2, 0) is 0 Å². The van der Waals surface area contributed by atoms with Gasteiger partial charge in [0.25, 0.3) is 0 Å². The maximum Gasteiger partial charge on any atom is 0.156 e. The fraction of sp³-hybridized carbons (Fsp3) is 0.333. The molecule has 1 saturated heterocycles. The standard InChI is InChI=1S/C15H16F2N4S/c1-9-19-14(10-6-11(16)8-12(17)7-10)13(18)15(20-9)21-2-4-22-5-3-21/h6-8H,2-5,18H2,1H3. The van der Waals surface area contributed by atoms with Crippen molar-refractivity contribution in [2.24, 2.45) is 0 Å². The average Bonchev–Trinajstić information content (AvgIpc) is 2.49. The van der Waals surface area contributed by atoms with Crippen LogP contribution in [0.1, 0.15) is 5.82 Å². The van der Waals surface area contributed by atoms with Gasteiger partial charge in [-0.2, -0.15) is 11.8 Å². The molecule has 0 atom stereocenters. The Hall–Kier alpha value is -1.89. The number of anilines is 2. The van der Waals surface area contributed by atoms with Crippen LogP contribution in [0.4, 0.5) is 20.3 Å². The number of hydrogen-bond acceptors (Lipinski definition) is 5. The minimum atomic E-state index is -0.651. The zero-order valence-corrected chi connectivity index (χ0v) is 13.0. The second kappa shape index (κ2) is 6.08. The molecule has 22 heavy (non-hydrogen) atoms. The number of nitrogens with zero attached hydrogens (tertiary/aromatic N) is 3. The number of nitrogens with two attached hydrogens (primary N) is 1. The van der Waals surface area contributed by atoms with Crippen molar-refractivity contribution in [3.05, 3.63) is 35.7 Å². The highest BCUT2D eigenvalue weighted by molar-refractivity contribution is 7.99. The number of halogens is 2. The molecule has 1 aliphatic rings. The lowest BCUT2D eigenvalue weighted by molar-refractivity contribution is 0.584. The second-order valence-corrected chi connectivity index (χ2v) is 6.34. The van der Waals surface area contributed by atoms with Gasteiger partial charge in [-0.3, -0.25) is 0 Å². The Bertz CT molecular complexity index is 682. The molecule has 1 fully saturated rings. The van der Waals surface area contributed by atoms with Crippen molar-refractivity contribution in [3.63, 3.8) is 0 Å². The molecular formula is C15H16F2N4S. The van der Waals surface area contributed by atoms with Gasteiger partial charge in [0.1, 0.15) is 23.1 Å². The van der Waals surface area contributed by atoms with Crippen molar-refractivity contribution in [2.45, 2.75) is 6.92 Å². The average molecular weight is 322 g/mol. The van der Waals surface area contributed by atoms with E-state index in [0.717, 1.165) is 30.7 Å². The number of hydrogen-bond donors (Lipinski definition) is 1.